The van der Waals surface area contributed by atoms with Crippen molar-refractivity contribution in [3.63, 3.8) is 0 Å². The van der Waals surface area contributed by atoms with Crippen LogP contribution in [0.5, 0.6) is 0 Å². The van der Waals surface area contributed by atoms with Gasteiger partial charge in [-0.15, -0.1) is 0 Å². The molecule has 2 nitrogen and oxygen atoms in total. The molecule has 0 aromatic heterocycles. The molecule has 3 aromatic carbocycles. The molecule has 2 heteroatoms. The van der Waals surface area contributed by atoms with E-state index in [9.17, 15) is 0 Å². The van der Waals surface area contributed by atoms with E-state index in [1.165, 1.54) is 22.4 Å². The Morgan fingerprint density at radius 1 is 0.893 bits per heavy atom. The zero-order chi connectivity index (χ0) is 19.6. The first-order chi connectivity index (χ1) is 13.7. The van der Waals surface area contributed by atoms with Crippen molar-refractivity contribution in [3.05, 3.63) is 95.1 Å². The minimum Gasteiger partial charge on any atom is -0.398 e. The average molecular weight is 370 g/mol. The van der Waals surface area contributed by atoms with Gasteiger partial charge < -0.3 is 5.73 Å². The minimum absolute atomic E-state index is 0.457. The summed E-state index contributed by atoms with van der Waals surface area (Å²) in [5, 5.41) is 0. The van der Waals surface area contributed by atoms with E-state index in [0.29, 0.717) is 6.04 Å². The van der Waals surface area contributed by atoms with E-state index >= 15 is 0 Å². The zero-order valence-electron chi connectivity index (χ0n) is 16.8. The first-order valence-electron chi connectivity index (χ1n) is 10.3. The fourth-order valence-corrected chi connectivity index (χ4v) is 4.78. The third-order valence-corrected chi connectivity index (χ3v) is 6.34. The predicted molar refractivity (Wildman–Crippen MR) is 122 cm³/mol. The van der Waals surface area contributed by atoms with Crippen LogP contribution in [-0.4, -0.2) is 13.1 Å². The molecule has 2 N–H and O–H groups in total. The predicted octanol–water partition coefficient (Wildman–Crippen LogP) is 6.08. The van der Waals surface area contributed by atoms with Crippen LogP contribution in [0.3, 0.4) is 0 Å². The molecule has 1 heterocycles. The molecule has 0 radical (unpaired) electrons. The molecular weight excluding hydrogens is 340 g/mol. The maximum absolute atomic E-state index is 6.51. The lowest BCUT2D eigenvalue weighted by molar-refractivity contribution is 0.241. The number of fused-ring (bicyclic) bond motifs is 1. The molecule has 0 aliphatic carbocycles. The molecule has 142 valence electrons. The Labute approximate surface area is 168 Å². The van der Waals surface area contributed by atoms with Crippen LogP contribution in [0.4, 0.5) is 11.4 Å². The Morgan fingerprint density at radius 2 is 1.54 bits per heavy atom. The van der Waals surface area contributed by atoms with E-state index in [2.05, 4.69) is 92.7 Å². The van der Waals surface area contributed by atoms with Gasteiger partial charge in [0.1, 0.15) is 11.7 Å². The lowest BCUT2D eigenvalue weighted by Crippen LogP contribution is -2.49. The smallest absolute Gasteiger partial charge is 0.138 e. The van der Waals surface area contributed by atoms with Gasteiger partial charge in [0.2, 0.25) is 0 Å². The van der Waals surface area contributed by atoms with Gasteiger partial charge in [-0.3, -0.25) is 4.48 Å². The van der Waals surface area contributed by atoms with Crippen LogP contribution in [0.15, 0.2) is 72.8 Å². The van der Waals surface area contributed by atoms with Crippen molar-refractivity contribution >= 4 is 23.5 Å². The highest BCUT2D eigenvalue weighted by Crippen LogP contribution is 2.48. The van der Waals surface area contributed by atoms with E-state index < -0.39 is 0 Å². The Kier molecular flexibility index (Phi) is 5.06. The molecule has 4 rings (SSSR count). The van der Waals surface area contributed by atoms with Gasteiger partial charge in [-0.1, -0.05) is 72.8 Å². The molecule has 0 saturated heterocycles. The van der Waals surface area contributed by atoms with Crippen molar-refractivity contribution in [2.45, 2.75) is 26.3 Å². The number of nitrogens with zero attached hydrogens (tertiary/aromatic N) is 1. The molecule has 0 fully saturated rings. The molecule has 28 heavy (non-hydrogen) atoms. The molecule has 0 spiro atoms. The highest BCUT2D eigenvalue weighted by Gasteiger charge is 2.45. The van der Waals surface area contributed by atoms with E-state index in [1.807, 2.05) is 6.07 Å². The first kappa shape index (κ1) is 18.5. The van der Waals surface area contributed by atoms with Gasteiger partial charge in [0.15, 0.2) is 0 Å². The van der Waals surface area contributed by atoms with Crippen LogP contribution in [0.1, 0.15) is 42.1 Å². The van der Waals surface area contributed by atoms with E-state index in [4.69, 9.17) is 5.73 Å². The Morgan fingerprint density at radius 3 is 2.18 bits per heavy atom. The number of likely N-dealkylation sites (N-methyl/N-ethyl adjacent to an activating group) is 1. The molecule has 1 aliphatic rings. The number of hydrogen-bond donors (Lipinski definition) is 1. The largest absolute Gasteiger partial charge is 0.398 e. The maximum Gasteiger partial charge on any atom is 0.138 e. The summed E-state index contributed by atoms with van der Waals surface area (Å²) in [5.74, 6) is 0. The molecule has 0 saturated carbocycles. The standard InChI is InChI=1S/C26H29N2/c1-3-28(4-2)25(21-13-9-6-10-14-21)18-23-17-22(24(27)19-26(23)28)16-15-20-11-7-5-8-12-20/h5-17,19,25H,3-4,18,27H2,1-2H3/q+1. The number of anilines is 1. The summed E-state index contributed by atoms with van der Waals surface area (Å²) < 4.78 is 0.978. The highest BCUT2D eigenvalue weighted by molar-refractivity contribution is 5.79. The number of nitrogens with two attached hydrogens (primary N) is 1. The van der Waals surface area contributed by atoms with Gasteiger partial charge in [-0.2, -0.15) is 0 Å². The second kappa shape index (κ2) is 7.65. The third kappa shape index (κ3) is 3.14. The fourth-order valence-electron chi connectivity index (χ4n) is 4.78. The molecule has 1 unspecified atom stereocenters. The number of nitrogen functional groups attached to an aromatic ring is 1. The normalized spacial score (nSPS) is 17.7. The van der Waals surface area contributed by atoms with E-state index in [0.717, 1.165) is 35.2 Å². The van der Waals surface area contributed by atoms with Crippen molar-refractivity contribution in [1.82, 2.24) is 4.48 Å². The van der Waals surface area contributed by atoms with Gasteiger partial charge >= 0.3 is 0 Å². The summed E-state index contributed by atoms with van der Waals surface area (Å²) in [6, 6.07) is 26.3. The number of quaternary nitrogens is 1. The van der Waals surface area contributed by atoms with Crippen molar-refractivity contribution < 1.29 is 0 Å². The number of benzene rings is 3. The van der Waals surface area contributed by atoms with Gasteiger partial charge in [-0.05, 0) is 31.0 Å². The molecule has 3 aromatic rings. The van der Waals surface area contributed by atoms with Crippen LogP contribution in [-0.2, 0) is 6.42 Å². The van der Waals surface area contributed by atoms with Gasteiger partial charge in [0.05, 0.1) is 13.1 Å². The summed E-state index contributed by atoms with van der Waals surface area (Å²) in [5.41, 5.74) is 13.9. The molecule has 0 amide bonds. The van der Waals surface area contributed by atoms with Crippen LogP contribution in [0, 0.1) is 0 Å². The maximum atomic E-state index is 6.51. The van der Waals surface area contributed by atoms with Crippen LogP contribution in [0.2, 0.25) is 0 Å². The second-order valence-electron chi connectivity index (χ2n) is 7.65. The Hall–Kier alpha value is -2.84. The number of hydrogen-bond acceptors (Lipinski definition) is 1. The summed E-state index contributed by atoms with van der Waals surface area (Å²) in [7, 11) is 0. The van der Waals surface area contributed by atoms with Gasteiger partial charge in [0, 0.05) is 29.3 Å². The summed E-state index contributed by atoms with van der Waals surface area (Å²) in [4.78, 5) is 0. The highest BCUT2D eigenvalue weighted by atomic mass is 15.4. The molecule has 1 aliphatic heterocycles. The fraction of sp³-hybridized carbons (Fsp3) is 0.231. The van der Waals surface area contributed by atoms with Crippen molar-refractivity contribution in [3.8, 4) is 0 Å². The van der Waals surface area contributed by atoms with Crippen molar-refractivity contribution in [1.29, 1.82) is 0 Å². The average Bonchev–Trinajstić information content (AvgIpc) is 3.07. The topological polar surface area (TPSA) is 26.0 Å². The second-order valence-corrected chi connectivity index (χ2v) is 7.65. The van der Waals surface area contributed by atoms with Gasteiger partial charge in [0.25, 0.3) is 0 Å². The van der Waals surface area contributed by atoms with Crippen molar-refractivity contribution in [2.24, 2.45) is 0 Å². The van der Waals surface area contributed by atoms with Crippen LogP contribution >= 0.6 is 0 Å². The lowest BCUT2D eigenvalue weighted by Gasteiger charge is -2.39. The molecular formula is C26H29N2+. The molecule has 0 bridgehead atoms. The van der Waals surface area contributed by atoms with E-state index in [-0.39, 0.29) is 0 Å². The third-order valence-electron chi connectivity index (χ3n) is 6.34. The van der Waals surface area contributed by atoms with Crippen LogP contribution < -0.4 is 10.2 Å². The quantitative estimate of drug-likeness (QED) is 0.329. The SMILES string of the molecule is CC[N+]1(CC)c2cc(N)c(C=Cc3ccccc3)cc2CC1c1ccccc1. The summed E-state index contributed by atoms with van der Waals surface area (Å²) >= 11 is 0. The zero-order valence-corrected chi connectivity index (χ0v) is 16.8. The van der Waals surface area contributed by atoms with Crippen LogP contribution in [0.25, 0.3) is 12.2 Å². The monoisotopic (exact) mass is 369 g/mol. The first-order valence-corrected chi connectivity index (χ1v) is 10.3. The lowest BCUT2D eigenvalue weighted by atomic mass is 10.00. The summed E-state index contributed by atoms with van der Waals surface area (Å²) in [6.07, 6.45) is 5.35. The molecule has 1 atom stereocenters. The summed E-state index contributed by atoms with van der Waals surface area (Å²) in [6.45, 7) is 6.74. The van der Waals surface area contributed by atoms with E-state index in [1.54, 1.807) is 0 Å². The number of rotatable bonds is 5. The Balaban J connectivity index is 1.75. The Bertz CT molecular complexity index is 970. The van der Waals surface area contributed by atoms with Gasteiger partial charge in [-0.25, -0.2) is 0 Å². The minimum atomic E-state index is 0.457. The van der Waals surface area contributed by atoms with Crippen molar-refractivity contribution in [2.75, 3.05) is 18.8 Å².